The van der Waals surface area contributed by atoms with Crippen molar-refractivity contribution in [2.45, 2.75) is 71.1 Å². The molecule has 510 valence electrons. The lowest BCUT2D eigenvalue weighted by Crippen LogP contribution is -2.06. The van der Waals surface area contributed by atoms with E-state index in [1.54, 1.807) is 46.5 Å². The topological polar surface area (TPSA) is 335 Å². The maximum Gasteiger partial charge on any atom is 0.416 e. The minimum atomic E-state index is -4.38. The Morgan fingerprint density at radius 3 is 0.970 bits per heavy atom. The molecule has 25 nitrogen and oxygen atoms in total. The van der Waals surface area contributed by atoms with Crippen molar-refractivity contribution in [3.63, 3.8) is 0 Å². The standard InChI is InChI=1S/C18H16F3N7.C16H16N8.C12H8F3N3.C11H6F3N3.C10H8N4/c1-2-15-14(16(22)25-17(23)24-15)5-3-4-12-10-28(27-26-12)13-8-6-11(7-9-13)18(19,20)21;1-2-14-13(15(17)21-16(18)20-14)5-3-4-11-10-24(23-22-11)12-6-8-19-9-7-12;1-2-3-10-8-18(17-16-10)11-6-4-9(5-7-11)12(13,14)15;1-2-3-7-6-17(16-15-7)8-4-9(12)11(14)10(13)5-8;1-2-3-9-8-14(13-12-9)10-4-6-11-7-5-10/h6-10H,2,4H2,1H3,(H4,22,23,24,25);6-10H,2,4H2,1H3,(H4,17,18,20,21);1,4-8H,3H2;1,4-6H,3H2;1,4-8H,3H2. The van der Waals surface area contributed by atoms with Gasteiger partial charge in [-0.15, -0.1) is 62.5 Å². The minimum absolute atomic E-state index is 0.0390. The highest BCUT2D eigenvalue weighted by molar-refractivity contribution is 5.57. The van der Waals surface area contributed by atoms with Gasteiger partial charge in [0.05, 0.1) is 154 Å². The number of aromatic nitrogens is 21. The van der Waals surface area contributed by atoms with Crippen molar-refractivity contribution < 1.29 is 39.5 Å². The van der Waals surface area contributed by atoms with Crippen LogP contribution in [0.4, 0.5) is 63.0 Å². The lowest BCUT2D eigenvalue weighted by Gasteiger charge is -2.07. The monoisotopic (exact) mass is 1380 g/mol. The zero-order chi connectivity index (χ0) is 72.6. The van der Waals surface area contributed by atoms with Gasteiger partial charge in [-0.2, -0.15) is 36.3 Å². The first-order valence-electron chi connectivity index (χ1n) is 29.5. The number of hydrogen-bond donors (Lipinski definition) is 4. The first kappa shape index (κ1) is 73.0. The Labute approximate surface area is 569 Å². The van der Waals surface area contributed by atoms with Crippen molar-refractivity contribution in [2.75, 3.05) is 22.9 Å². The van der Waals surface area contributed by atoms with Crippen LogP contribution in [0.25, 0.3) is 28.4 Å². The summed E-state index contributed by atoms with van der Waals surface area (Å²) in [6, 6.07) is 18.4. The number of nitrogens with two attached hydrogens (primary N) is 4. The largest absolute Gasteiger partial charge is 0.416 e. The van der Waals surface area contributed by atoms with Gasteiger partial charge >= 0.3 is 12.4 Å². The van der Waals surface area contributed by atoms with Crippen LogP contribution in [0.3, 0.4) is 0 Å². The highest BCUT2D eigenvalue weighted by Crippen LogP contribution is 2.31. The molecule has 3 aromatic carbocycles. The summed E-state index contributed by atoms with van der Waals surface area (Å²) in [4.78, 5) is 24.0. The molecule has 12 aromatic rings. The second-order valence-electron chi connectivity index (χ2n) is 20.4. The Balaban J connectivity index is 0.000000164. The van der Waals surface area contributed by atoms with E-state index in [0.29, 0.717) is 83.2 Å². The Bertz CT molecular complexity index is 5000. The molecule has 9 heterocycles. The Morgan fingerprint density at radius 2 is 0.683 bits per heavy atom. The van der Waals surface area contributed by atoms with E-state index in [0.717, 1.165) is 69.5 Å². The summed E-state index contributed by atoms with van der Waals surface area (Å²) in [5.74, 6) is 15.9. The van der Waals surface area contributed by atoms with Crippen molar-refractivity contribution in [3.8, 4) is 89.2 Å². The first-order chi connectivity index (χ1) is 48.5. The summed E-state index contributed by atoms with van der Waals surface area (Å²) in [5, 5.41) is 38.9. The predicted octanol–water partition coefficient (Wildman–Crippen LogP) is 8.33. The fourth-order valence-electron chi connectivity index (χ4n) is 8.44. The molecule has 101 heavy (non-hydrogen) atoms. The third kappa shape index (κ3) is 20.6. The van der Waals surface area contributed by atoms with E-state index in [-0.39, 0.29) is 36.2 Å². The van der Waals surface area contributed by atoms with E-state index in [1.165, 1.54) is 39.8 Å². The van der Waals surface area contributed by atoms with E-state index in [9.17, 15) is 39.5 Å². The number of alkyl halides is 6. The fraction of sp³-hybridized carbons (Fsp3) is 0.164. The average Bonchev–Trinajstić information content (AvgIpc) is 1.83. The fourth-order valence-corrected chi connectivity index (χ4v) is 8.44. The molecule has 0 saturated heterocycles. The number of anilines is 4. The lowest BCUT2D eigenvalue weighted by molar-refractivity contribution is -0.138. The van der Waals surface area contributed by atoms with Crippen molar-refractivity contribution in [1.82, 2.24) is 105 Å². The Morgan fingerprint density at radius 1 is 0.396 bits per heavy atom. The number of halogens is 9. The van der Waals surface area contributed by atoms with Crippen molar-refractivity contribution in [2.24, 2.45) is 0 Å². The molecular formula is C67H54F9N25. The van der Waals surface area contributed by atoms with Crippen LogP contribution in [-0.4, -0.2) is 105 Å². The number of hydrogen-bond acceptors (Lipinski definition) is 20. The van der Waals surface area contributed by atoms with Crippen LogP contribution in [0.2, 0.25) is 0 Å². The number of aryl methyl sites for hydroxylation is 2. The van der Waals surface area contributed by atoms with Crippen molar-refractivity contribution >= 4 is 23.5 Å². The molecule has 0 aliphatic rings. The molecule has 0 fully saturated rings. The second kappa shape index (κ2) is 34.2. The molecule has 0 amide bonds. The zero-order valence-corrected chi connectivity index (χ0v) is 53.1. The first-order valence-corrected chi connectivity index (χ1v) is 29.5. The number of rotatable bonds is 12. The summed E-state index contributed by atoms with van der Waals surface area (Å²) < 4.78 is 121. The average molecular weight is 1380 g/mol. The van der Waals surface area contributed by atoms with Gasteiger partial charge in [-0.25, -0.2) is 46.5 Å². The van der Waals surface area contributed by atoms with Crippen molar-refractivity contribution in [1.29, 1.82) is 0 Å². The van der Waals surface area contributed by atoms with Gasteiger partial charge in [-0.3, -0.25) is 9.97 Å². The number of benzene rings is 3. The summed E-state index contributed by atoms with van der Waals surface area (Å²) in [5.41, 5.74) is 30.0. The van der Waals surface area contributed by atoms with Crippen LogP contribution >= 0.6 is 0 Å². The Hall–Kier alpha value is -13.8. The number of terminal acetylenes is 3. The van der Waals surface area contributed by atoms with Gasteiger partial charge in [0, 0.05) is 36.9 Å². The quantitative estimate of drug-likeness (QED) is 0.0507. The van der Waals surface area contributed by atoms with Crippen LogP contribution < -0.4 is 22.9 Å². The molecule has 12 rings (SSSR count). The van der Waals surface area contributed by atoms with Gasteiger partial charge < -0.3 is 22.9 Å². The molecule has 0 unspecified atom stereocenters. The van der Waals surface area contributed by atoms with E-state index in [2.05, 4.69) is 123 Å². The van der Waals surface area contributed by atoms with E-state index < -0.39 is 40.9 Å². The van der Waals surface area contributed by atoms with Crippen LogP contribution in [0.15, 0.2) is 141 Å². The number of pyridine rings is 2. The molecule has 34 heteroatoms. The summed E-state index contributed by atoms with van der Waals surface area (Å²) in [6.07, 6.45) is 24.8. The molecular weight excluding hydrogens is 1330 g/mol. The van der Waals surface area contributed by atoms with Crippen LogP contribution in [0, 0.1) is 78.2 Å². The molecule has 0 radical (unpaired) electrons. The molecule has 0 atom stereocenters. The van der Waals surface area contributed by atoms with Gasteiger partial charge in [0.25, 0.3) is 0 Å². The maximum absolute atomic E-state index is 13.0. The zero-order valence-electron chi connectivity index (χ0n) is 53.1. The SMILES string of the molecule is C#CCc1cn(-c2cc(F)c(F)c(F)c2)nn1.C#CCc1cn(-c2ccc(C(F)(F)F)cc2)nn1.C#CCc1cn(-c2ccncc2)nn1.CCc1nc(N)nc(N)c1C#CCc1cn(-c2ccc(C(F)(F)F)cc2)nn1.CCc1nc(N)nc(N)c1C#CCc1cn(-c2ccncc2)nn1. The van der Waals surface area contributed by atoms with Gasteiger partial charge in [-0.1, -0.05) is 63.6 Å². The van der Waals surface area contributed by atoms with E-state index in [4.69, 9.17) is 42.2 Å². The molecule has 0 bridgehead atoms. The third-order valence-electron chi connectivity index (χ3n) is 13.3. The molecule has 0 aliphatic heterocycles. The summed E-state index contributed by atoms with van der Waals surface area (Å²) in [7, 11) is 0. The predicted molar refractivity (Wildman–Crippen MR) is 352 cm³/mol. The second-order valence-corrected chi connectivity index (χ2v) is 20.4. The van der Waals surface area contributed by atoms with Crippen LogP contribution in [0.5, 0.6) is 0 Å². The molecule has 0 spiro atoms. The smallest absolute Gasteiger partial charge is 0.382 e. The van der Waals surface area contributed by atoms with Crippen LogP contribution in [-0.2, 0) is 57.3 Å². The minimum Gasteiger partial charge on any atom is -0.382 e. The molecule has 0 aliphatic carbocycles. The summed E-state index contributed by atoms with van der Waals surface area (Å²) in [6.45, 7) is 3.87. The van der Waals surface area contributed by atoms with Gasteiger partial charge in [0.15, 0.2) is 17.5 Å². The number of nitrogen functional groups attached to an aromatic ring is 4. The highest BCUT2D eigenvalue weighted by atomic mass is 19.4. The molecule has 9 aromatic heterocycles. The Kier molecular flexibility index (Phi) is 24.7. The summed E-state index contributed by atoms with van der Waals surface area (Å²) >= 11 is 0. The van der Waals surface area contributed by atoms with Crippen molar-refractivity contribution in [3.05, 3.63) is 220 Å². The highest BCUT2D eigenvalue weighted by Gasteiger charge is 2.31. The third-order valence-corrected chi connectivity index (χ3v) is 13.3. The molecule has 0 saturated carbocycles. The van der Waals surface area contributed by atoms with Crippen LogP contribution in [0.1, 0.15) is 76.0 Å². The lowest BCUT2D eigenvalue weighted by atomic mass is 10.1. The van der Waals surface area contributed by atoms with Gasteiger partial charge in [-0.05, 0) is 85.6 Å². The molecule has 8 N–H and O–H groups in total. The van der Waals surface area contributed by atoms with E-state index >= 15 is 0 Å². The number of nitrogens with zero attached hydrogens (tertiary/aromatic N) is 21. The van der Waals surface area contributed by atoms with E-state index in [1.807, 2.05) is 50.5 Å². The maximum atomic E-state index is 13.0. The normalized spacial score (nSPS) is 10.6. The van der Waals surface area contributed by atoms with Gasteiger partial charge in [0.2, 0.25) is 11.9 Å². The van der Waals surface area contributed by atoms with Gasteiger partial charge in [0.1, 0.15) is 11.6 Å².